The largest absolute Gasteiger partial charge is 0.463 e. The number of rotatable bonds is 8. The number of anilines is 2. The lowest BCUT2D eigenvalue weighted by molar-refractivity contribution is -0.147. The first kappa shape index (κ1) is 34.5. The quantitative estimate of drug-likeness (QED) is 0.197. The Balaban J connectivity index is 1.50. The van der Waals surface area contributed by atoms with Gasteiger partial charge in [0.2, 0.25) is 0 Å². The van der Waals surface area contributed by atoms with Crippen LogP contribution in [0.5, 0.6) is 0 Å². The highest BCUT2D eigenvalue weighted by Crippen LogP contribution is 2.43. The van der Waals surface area contributed by atoms with Crippen LogP contribution in [0, 0.1) is 19.8 Å². The molecule has 3 aromatic rings. The average Bonchev–Trinajstić information content (AvgIpc) is 3.33. The molecule has 0 spiro atoms. The molecule has 3 heterocycles. The number of halogens is 6. The van der Waals surface area contributed by atoms with Gasteiger partial charge in [-0.25, -0.2) is 0 Å². The Hall–Kier alpha value is -3.88. The number of carbonyl (C=O) groups excluding carboxylic acids is 1. The van der Waals surface area contributed by atoms with E-state index in [2.05, 4.69) is 26.4 Å². The molecule has 1 saturated heterocycles. The third kappa shape index (κ3) is 8.35. The molecule has 2 aromatic carbocycles. The van der Waals surface area contributed by atoms with Gasteiger partial charge in [-0.15, -0.1) is 5.10 Å². The van der Waals surface area contributed by atoms with Crippen molar-refractivity contribution in [2.24, 2.45) is 13.0 Å². The second-order valence-electron chi connectivity index (χ2n) is 12.4. The highest BCUT2D eigenvalue weighted by atomic mass is 19.4. The summed E-state index contributed by atoms with van der Waals surface area (Å²) in [5, 5.41) is 12.4. The molecule has 2 aliphatic heterocycles. The summed E-state index contributed by atoms with van der Waals surface area (Å²) < 4.78 is 93.7. The molecular formula is C32H38F6N6O3. The third-order valence-corrected chi connectivity index (χ3v) is 8.60. The van der Waals surface area contributed by atoms with E-state index in [1.54, 1.807) is 11.9 Å². The zero-order valence-corrected chi connectivity index (χ0v) is 26.7. The third-order valence-electron chi connectivity index (χ3n) is 8.60. The minimum Gasteiger partial charge on any atom is -0.463 e. The number of esters is 1. The maximum absolute atomic E-state index is 13.8. The second-order valence-corrected chi connectivity index (χ2v) is 12.4. The van der Waals surface area contributed by atoms with Crippen LogP contribution < -0.4 is 9.80 Å². The van der Waals surface area contributed by atoms with Gasteiger partial charge >= 0.3 is 18.3 Å². The fraction of sp³-hybridized carbons (Fsp3) is 0.562. The van der Waals surface area contributed by atoms with Crippen molar-refractivity contribution in [1.82, 2.24) is 20.2 Å². The van der Waals surface area contributed by atoms with Crippen molar-refractivity contribution in [3.63, 3.8) is 0 Å². The first-order valence-electron chi connectivity index (χ1n) is 15.5. The van der Waals surface area contributed by atoms with Crippen molar-refractivity contribution >= 4 is 17.6 Å². The summed E-state index contributed by atoms with van der Waals surface area (Å²) >= 11 is 0. The molecule has 5 rings (SSSR count). The number of ether oxygens (including phenoxy) is 2. The van der Waals surface area contributed by atoms with Crippen LogP contribution in [0.4, 0.5) is 38.0 Å². The van der Waals surface area contributed by atoms with Crippen LogP contribution in [0.2, 0.25) is 0 Å². The Kier molecular flexibility index (Phi) is 10.0. The second kappa shape index (κ2) is 13.7. The maximum atomic E-state index is 13.8. The van der Waals surface area contributed by atoms with E-state index in [9.17, 15) is 31.1 Å². The number of hydrogen-bond donors (Lipinski definition) is 0. The molecule has 0 saturated carbocycles. The van der Waals surface area contributed by atoms with E-state index in [1.165, 1.54) is 11.7 Å². The minimum atomic E-state index is -4.97. The van der Waals surface area contributed by atoms with E-state index in [1.807, 2.05) is 19.9 Å². The van der Waals surface area contributed by atoms with E-state index >= 15 is 0 Å². The number of aryl methyl sites for hydroxylation is 3. The molecule has 0 bridgehead atoms. The van der Waals surface area contributed by atoms with E-state index in [0.29, 0.717) is 32.5 Å². The molecule has 1 fully saturated rings. The van der Waals surface area contributed by atoms with Gasteiger partial charge in [-0.1, -0.05) is 22.8 Å². The van der Waals surface area contributed by atoms with Crippen LogP contribution in [0.25, 0.3) is 0 Å². The number of hydrogen-bond acceptors (Lipinski definition) is 8. The molecule has 15 heteroatoms. The van der Waals surface area contributed by atoms with Crippen LogP contribution in [-0.4, -0.2) is 58.6 Å². The monoisotopic (exact) mass is 668 g/mol. The number of alkyl halides is 6. The van der Waals surface area contributed by atoms with E-state index in [4.69, 9.17) is 9.47 Å². The number of benzene rings is 2. The van der Waals surface area contributed by atoms with Gasteiger partial charge in [-0.05, 0) is 85.6 Å². The molecule has 2 aliphatic rings. The lowest BCUT2D eigenvalue weighted by atomic mass is 9.93. The number of carbonyl (C=O) groups is 1. The highest BCUT2D eigenvalue weighted by molar-refractivity contribution is 5.66. The number of nitrogens with zero attached hydrogens (tertiary/aromatic N) is 6. The molecule has 256 valence electrons. The van der Waals surface area contributed by atoms with Crippen LogP contribution in [0.3, 0.4) is 0 Å². The predicted molar refractivity (Wildman–Crippen MR) is 161 cm³/mol. The Morgan fingerprint density at radius 1 is 1.02 bits per heavy atom. The Labute approximate surface area is 268 Å². The van der Waals surface area contributed by atoms with Gasteiger partial charge in [0.05, 0.1) is 36.9 Å². The molecule has 0 N–H and O–H groups in total. The van der Waals surface area contributed by atoms with Crippen LogP contribution in [0.1, 0.15) is 72.0 Å². The van der Waals surface area contributed by atoms with E-state index in [-0.39, 0.29) is 48.7 Å². The summed E-state index contributed by atoms with van der Waals surface area (Å²) in [4.78, 5) is 16.4. The standard InChI is InChI=1S/C32H38F6N6O3/c1-19-10-20(2)29-27(11-19)28(6-5-9-43(29)15-22-7-8-26(47-17-22)18-46-21(3)45)44(30-39-41-42(4)40-30)16-23-12-24(31(33,34)35)14-25(13-23)32(36,37)38/h10-14,22,26,28H,5-9,15-18H2,1-4H3. The fourth-order valence-electron chi connectivity index (χ4n) is 6.60. The van der Waals surface area contributed by atoms with Crippen molar-refractivity contribution in [3.05, 3.63) is 63.7 Å². The van der Waals surface area contributed by atoms with Gasteiger partial charge in [-0.3, -0.25) is 4.79 Å². The Morgan fingerprint density at radius 2 is 1.72 bits per heavy atom. The predicted octanol–water partition coefficient (Wildman–Crippen LogP) is 6.57. The lowest BCUT2D eigenvalue weighted by Crippen LogP contribution is -2.38. The van der Waals surface area contributed by atoms with E-state index in [0.717, 1.165) is 47.4 Å². The lowest BCUT2D eigenvalue weighted by Gasteiger charge is -2.36. The number of fused-ring (bicyclic) bond motifs is 1. The zero-order chi connectivity index (χ0) is 34.1. The molecule has 0 radical (unpaired) electrons. The van der Waals surface area contributed by atoms with Gasteiger partial charge < -0.3 is 19.3 Å². The normalized spacial score (nSPS) is 20.5. The molecule has 0 aliphatic carbocycles. The topological polar surface area (TPSA) is 85.6 Å². The maximum Gasteiger partial charge on any atom is 0.416 e. The van der Waals surface area contributed by atoms with E-state index < -0.39 is 29.5 Å². The van der Waals surface area contributed by atoms with Crippen molar-refractivity contribution < 1.29 is 40.6 Å². The molecule has 47 heavy (non-hydrogen) atoms. The van der Waals surface area contributed by atoms with Gasteiger partial charge in [0.1, 0.15) is 6.61 Å². The number of tetrazole rings is 1. The Bertz CT molecular complexity index is 1540. The summed E-state index contributed by atoms with van der Waals surface area (Å²) in [6, 6.07) is 5.25. The van der Waals surface area contributed by atoms with Gasteiger partial charge in [0, 0.05) is 32.2 Å². The summed E-state index contributed by atoms with van der Waals surface area (Å²) in [7, 11) is 1.54. The first-order valence-corrected chi connectivity index (χ1v) is 15.5. The Morgan fingerprint density at radius 3 is 2.30 bits per heavy atom. The molecule has 3 unspecified atom stereocenters. The van der Waals surface area contributed by atoms with Gasteiger partial charge in [-0.2, -0.15) is 31.1 Å². The van der Waals surface area contributed by atoms with Gasteiger partial charge in [0.15, 0.2) is 0 Å². The highest BCUT2D eigenvalue weighted by Gasteiger charge is 2.38. The number of aromatic nitrogens is 4. The van der Waals surface area contributed by atoms with Crippen LogP contribution in [-0.2, 0) is 40.2 Å². The molecule has 3 atom stereocenters. The minimum absolute atomic E-state index is 0.0986. The molecular weight excluding hydrogens is 630 g/mol. The summed E-state index contributed by atoms with van der Waals surface area (Å²) in [6.45, 7) is 7.10. The smallest absolute Gasteiger partial charge is 0.416 e. The summed E-state index contributed by atoms with van der Waals surface area (Å²) in [5.74, 6) is -0.0457. The van der Waals surface area contributed by atoms with Gasteiger partial charge in [0.25, 0.3) is 5.95 Å². The molecule has 9 nitrogen and oxygen atoms in total. The molecule has 0 amide bonds. The zero-order valence-electron chi connectivity index (χ0n) is 26.7. The average molecular weight is 669 g/mol. The van der Waals surface area contributed by atoms with Crippen molar-refractivity contribution in [2.45, 2.75) is 77.5 Å². The van der Waals surface area contributed by atoms with Crippen molar-refractivity contribution in [1.29, 1.82) is 0 Å². The summed E-state index contributed by atoms with van der Waals surface area (Å²) in [6.07, 6.45) is -7.25. The fourth-order valence-corrected chi connectivity index (χ4v) is 6.60. The SMILES string of the molecule is CC(=O)OCC1CCC(CN2CCCC(N(Cc3cc(C(F)(F)F)cc(C(F)(F)F)c3)c3nnn(C)n3)c3cc(C)cc(C)c32)CO1. The van der Waals surface area contributed by atoms with Crippen LogP contribution >= 0.6 is 0 Å². The van der Waals surface area contributed by atoms with Crippen molar-refractivity contribution in [3.8, 4) is 0 Å². The first-order chi connectivity index (χ1) is 22.1. The molecule has 1 aromatic heterocycles. The van der Waals surface area contributed by atoms with Crippen molar-refractivity contribution in [2.75, 3.05) is 36.1 Å². The summed E-state index contributed by atoms with van der Waals surface area (Å²) in [5.41, 5.74) is 0.898. The van der Waals surface area contributed by atoms with Crippen LogP contribution in [0.15, 0.2) is 30.3 Å².